The number of nitrogens with zero attached hydrogens (tertiary/aromatic N) is 2. The molecule has 0 bridgehead atoms. The fourth-order valence-electron chi connectivity index (χ4n) is 3.77. The molecule has 0 unspecified atom stereocenters. The van der Waals surface area contributed by atoms with Gasteiger partial charge in [0, 0.05) is 17.1 Å². The Morgan fingerprint density at radius 1 is 0.882 bits per heavy atom. The van der Waals surface area contributed by atoms with Gasteiger partial charge in [-0.3, -0.25) is 9.59 Å². The minimum absolute atomic E-state index is 0.116. The molecule has 1 amide bonds. The van der Waals surface area contributed by atoms with E-state index in [0.29, 0.717) is 34.1 Å². The summed E-state index contributed by atoms with van der Waals surface area (Å²) in [6.45, 7) is 0.442. The Morgan fingerprint density at radius 3 is 2.41 bits per heavy atom. The van der Waals surface area contributed by atoms with E-state index in [0.717, 1.165) is 11.1 Å². The van der Waals surface area contributed by atoms with Crippen molar-refractivity contribution in [2.45, 2.75) is 13.1 Å². The fraction of sp³-hybridized carbons (Fsp3) is 0.0741. The maximum absolute atomic E-state index is 13.5. The molecule has 168 valence electrons. The molecule has 0 aliphatic rings. The van der Waals surface area contributed by atoms with Crippen molar-refractivity contribution in [2.24, 2.45) is 0 Å². The predicted octanol–water partition coefficient (Wildman–Crippen LogP) is 5.68. The zero-order valence-electron chi connectivity index (χ0n) is 18.1. The molecule has 0 aliphatic carbocycles. The fourth-order valence-corrected chi connectivity index (χ4v) is 3.90. The van der Waals surface area contributed by atoms with Gasteiger partial charge in [-0.05, 0) is 54.1 Å². The van der Waals surface area contributed by atoms with Gasteiger partial charge in [-0.15, -0.1) is 0 Å². The summed E-state index contributed by atoms with van der Waals surface area (Å²) >= 11 is 5.98. The summed E-state index contributed by atoms with van der Waals surface area (Å²) in [6.07, 6.45) is 0. The Kier molecular flexibility index (Phi) is 5.97. The minimum atomic E-state index is -0.306. The number of furan rings is 1. The van der Waals surface area contributed by atoms with E-state index < -0.39 is 0 Å². The Morgan fingerprint density at radius 2 is 1.62 bits per heavy atom. The lowest BCUT2D eigenvalue weighted by Gasteiger charge is -2.21. The SMILES string of the molecule is O=C(c1ccc(-c2ccc(Cl)cc2)o1)N(Cc1ccccc1)Cc1nc2ccccc2c(=O)[nH]1. The Hall–Kier alpha value is -4.16. The second-order valence-corrected chi connectivity index (χ2v) is 8.28. The van der Waals surface area contributed by atoms with Gasteiger partial charge in [0.2, 0.25) is 0 Å². The molecule has 2 heterocycles. The highest BCUT2D eigenvalue weighted by molar-refractivity contribution is 6.30. The predicted molar refractivity (Wildman–Crippen MR) is 132 cm³/mol. The van der Waals surface area contributed by atoms with Crippen LogP contribution in [0.25, 0.3) is 22.2 Å². The van der Waals surface area contributed by atoms with Crippen LogP contribution < -0.4 is 5.56 Å². The van der Waals surface area contributed by atoms with E-state index in [1.165, 1.54) is 0 Å². The number of aromatic nitrogens is 2. The second kappa shape index (κ2) is 9.37. The molecule has 2 aromatic heterocycles. The third-order valence-corrected chi connectivity index (χ3v) is 5.70. The number of rotatable bonds is 6. The maximum Gasteiger partial charge on any atom is 0.290 e. The van der Waals surface area contributed by atoms with Crippen LogP contribution in [-0.4, -0.2) is 20.8 Å². The molecule has 0 saturated carbocycles. The zero-order chi connectivity index (χ0) is 23.5. The van der Waals surface area contributed by atoms with Gasteiger partial charge >= 0.3 is 0 Å². The van der Waals surface area contributed by atoms with E-state index in [9.17, 15) is 9.59 Å². The van der Waals surface area contributed by atoms with Crippen LogP contribution in [0.15, 0.2) is 100 Å². The number of H-pyrrole nitrogens is 1. The molecular weight excluding hydrogens is 450 g/mol. The molecule has 7 heteroatoms. The topological polar surface area (TPSA) is 79.2 Å². The highest BCUT2D eigenvalue weighted by Crippen LogP contribution is 2.25. The number of hydrogen-bond donors (Lipinski definition) is 1. The first kappa shape index (κ1) is 21.7. The van der Waals surface area contributed by atoms with Crippen LogP contribution in [0.2, 0.25) is 5.02 Å². The summed E-state index contributed by atoms with van der Waals surface area (Å²) in [7, 11) is 0. The highest BCUT2D eigenvalue weighted by Gasteiger charge is 2.22. The molecule has 6 nitrogen and oxygen atoms in total. The summed E-state index contributed by atoms with van der Waals surface area (Å²) < 4.78 is 5.90. The molecule has 0 saturated heterocycles. The first-order chi connectivity index (χ1) is 16.6. The van der Waals surface area contributed by atoms with E-state index in [1.54, 1.807) is 47.4 Å². The van der Waals surface area contributed by atoms with Crippen molar-refractivity contribution in [3.63, 3.8) is 0 Å². The molecule has 5 aromatic rings. The summed E-state index contributed by atoms with van der Waals surface area (Å²) in [5.74, 6) is 0.860. The molecule has 3 aromatic carbocycles. The molecule has 0 atom stereocenters. The van der Waals surface area contributed by atoms with E-state index in [1.807, 2.05) is 48.5 Å². The Labute approximate surface area is 200 Å². The molecule has 0 spiro atoms. The van der Waals surface area contributed by atoms with Gasteiger partial charge in [-0.25, -0.2) is 4.98 Å². The normalized spacial score (nSPS) is 11.0. The van der Waals surface area contributed by atoms with Gasteiger partial charge in [-0.2, -0.15) is 0 Å². The van der Waals surface area contributed by atoms with Gasteiger partial charge in [0.25, 0.3) is 11.5 Å². The molecule has 0 aliphatic heterocycles. The first-order valence-electron chi connectivity index (χ1n) is 10.7. The minimum Gasteiger partial charge on any atom is -0.451 e. The van der Waals surface area contributed by atoms with Gasteiger partial charge in [0.15, 0.2) is 5.76 Å². The monoisotopic (exact) mass is 469 g/mol. The number of halogens is 1. The van der Waals surface area contributed by atoms with E-state index in [2.05, 4.69) is 9.97 Å². The number of hydrogen-bond acceptors (Lipinski definition) is 4. The summed E-state index contributed by atoms with van der Waals surface area (Å²) in [4.78, 5) is 35.0. The van der Waals surface area contributed by atoms with Gasteiger partial charge in [0.05, 0.1) is 17.4 Å². The summed E-state index contributed by atoms with van der Waals surface area (Å²) in [5.41, 5.74) is 2.11. The van der Waals surface area contributed by atoms with Crippen LogP contribution in [-0.2, 0) is 13.1 Å². The smallest absolute Gasteiger partial charge is 0.290 e. The van der Waals surface area contributed by atoms with Crippen molar-refractivity contribution < 1.29 is 9.21 Å². The van der Waals surface area contributed by atoms with Gasteiger partial charge < -0.3 is 14.3 Å². The number of amides is 1. The number of fused-ring (bicyclic) bond motifs is 1. The van der Waals surface area contributed by atoms with Crippen LogP contribution in [0.1, 0.15) is 21.9 Å². The molecule has 0 radical (unpaired) electrons. The molecular formula is C27H20ClN3O3. The Balaban J connectivity index is 1.47. The number of para-hydroxylation sites is 1. The number of benzene rings is 3. The average molecular weight is 470 g/mol. The number of carbonyl (C=O) groups is 1. The Bertz CT molecular complexity index is 1510. The maximum atomic E-state index is 13.5. The molecule has 1 N–H and O–H groups in total. The van der Waals surface area contributed by atoms with Gasteiger partial charge in [0.1, 0.15) is 11.6 Å². The van der Waals surface area contributed by atoms with E-state index in [-0.39, 0.29) is 23.8 Å². The van der Waals surface area contributed by atoms with Crippen LogP contribution >= 0.6 is 11.6 Å². The van der Waals surface area contributed by atoms with Crippen molar-refractivity contribution >= 4 is 28.4 Å². The van der Waals surface area contributed by atoms with E-state index in [4.69, 9.17) is 16.0 Å². The van der Waals surface area contributed by atoms with Crippen molar-refractivity contribution in [1.29, 1.82) is 0 Å². The lowest BCUT2D eigenvalue weighted by atomic mass is 10.2. The van der Waals surface area contributed by atoms with Crippen molar-refractivity contribution in [3.05, 3.63) is 124 Å². The van der Waals surface area contributed by atoms with Gasteiger partial charge in [-0.1, -0.05) is 54.1 Å². The van der Waals surface area contributed by atoms with Crippen LogP contribution in [0.5, 0.6) is 0 Å². The lowest BCUT2D eigenvalue weighted by Crippen LogP contribution is -2.31. The van der Waals surface area contributed by atoms with Crippen molar-refractivity contribution in [2.75, 3.05) is 0 Å². The number of aromatic amines is 1. The third kappa shape index (κ3) is 4.63. The number of carbonyl (C=O) groups excluding carboxylic acids is 1. The van der Waals surface area contributed by atoms with Crippen molar-refractivity contribution in [3.8, 4) is 11.3 Å². The summed E-state index contributed by atoms with van der Waals surface area (Å²) in [5, 5.41) is 1.13. The zero-order valence-corrected chi connectivity index (χ0v) is 18.8. The van der Waals surface area contributed by atoms with Crippen LogP contribution in [0, 0.1) is 0 Å². The van der Waals surface area contributed by atoms with Crippen molar-refractivity contribution in [1.82, 2.24) is 14.9 Å². The highest BCUT2D eigenvalue weighted by atomic mass is 35.5. The van der Waals surface area contributed by atoms with Crippen LogP contribution in [0.3, 0.4) is 0 Å². The first-order valence-corrected chi connectivity index (χ1v) is 11.1. The third-order valence-electron chi connectivity index (χ3n) is 5.45. The standard InChI is InChI=1S/C27H20ClN3O3/c28-20-12-10-19(11-13-20)23-14-15-24(34-23)27(33)31(16-18-6-2-1-3-7-18)17-25-29-22-9-5-4-8-21(22)26(32)30-25/h1-15H,16-17H2,(H,29,30,32). The molecule has 0 fully saturated rings. The lowest BCUT2D eigenvalue weighted by molar-refractivity contribution is 0.0694. The average Bonchev–Trinajstić information content (AvgIpc) is 3.35. The quantitative estimate of drug-likeness (QED) is 0.347. The van der Waals surface area contributed by atoms with E-state index >= 15 is 0 Å². The summed E-state index contributed by atoms with van der Waals surface area (Å²) in [6, 6.07) is 27.4. The molecule has 34 heavy (non-hydrogen) atoms. The van der Waals surface area contributed by atoms with Crippen LogP contribution in [0.4, 0.5) is 0 Å². The molecule has 5 rings (SSSR count). The largest absolute Gasteiger partial charge is 0.451 e. The number of nitrogens with one attached hydrogen (secondary N) is 1. The second-order valence-electron chi connectivity index (χ2n) is 7.85.